The molecule has 4 rings (SSSR count). The van der Waals surface area contributed by atoms with Gasteiger partial charge in [0.25, 0.3) is 0 Å². The zero-order chi connectivity index (χ0) is 18.5. The third-order valence-electron chi connectivity index (χ3n) is 5.03. The van der Waals surface area contributed by atoms with Gasteiger partial charge in [0, 0.05) is 0 Å². The highest BCUT2D eigenvalue weighted by Crippen LogP contribution is 2.23. The smallest absolute Gasteiger partial charge is 0.315 e. The number of rotatable bonds is 4. The molecular weight excluding hydrogens is 344 g/mol. The second-order valence-electron chi connectivity index (χ2n) is 6.91. The molecule has 27 heavy (non-hydrogen) atoms. The van der Waals surface area contributed by atoms with Crippen LogP contribution in [0.1, 0.15) is 11.1 Å². The number of carbonyl (C=O) groups is 1. The molecule has 2 saturated heterocycles. The number of fused-ring (bicyclic) bond motifs is 1. The van der Waals surface area contributed by atoms with Crippen molar-refractivity contribution < 1.29 is 19.0 Å². The second-order valence-corrected chi connectivity index (χ2v) is 6.91. The number of hydrogen-bond acceptors (Lipinski definition) is 4. The van der Waals surface area contributed by atoms with Crippen molar-refractivity contribution in [3.8, 4) is 0 Å². The molecule has 2 aliphatic heterocycles. The quantitative estimate of drug-likeness (QED) is 0.869. The highest BCUT2D eigenvalue weighted by molar-refractivity contribution is 5.75. The zero-order valence-electron chi connectivity index (χ0n) is 15.0. The number of carbonyl (C=O) groups excluding carboxylic acids is 1. The molecule has 2 N–H and O–H groups in total. The van der Waals surface area contributed by atoms with Crippen LogP contribution in [0, 0.1) is 0 Å². The molecule has 0 spiro atoms. The van der Waals surface area contributed by atoms with Gasteiger partial charge in [0.2, 0.25) is 0 Å². The van der Waals surface area contributed by atoms with Crippen molar-refractivity contribution in [2.24, 2.45) is 0 Å². The molecule has 2 fully saturated rings. The van der Waals surface area contributed by atoms with E-state index in [1.807, 2.05) is 36.4 Å². The van der Waals surface area contributed by atoms with Crippen LogP contribution >= 0.6 is 0 Å². The summed E-state index contributed by atoms with van der Waals surface area (Å²) in [6.45, 7) is 0.306. The number of ether oxygens (including phenoxy) is 3. The van der Waals surface area contributed by atoms with Gasteiger partial charge >= 0.3 is 6.03 Å². The van der Waals surface area contributed by atoms with Crippen LogP contribution < -0.4 is 10.6 Å². The first-order valence-electron chi connectivity index (χ1n) is 9.25. The summed E-state index contributed by atoms with van der Waals surface area (Å²) in [6.07, 6.45) is 0.717. The standard InChI is InChI=1S/C21H24N2O4/c24-21-22-17(11-15-7-3-1-4-8-15)19-20(27-14-25-13-26-19)18(23-21)12-16-9-5-2-6-10-16/h1-10,17-20H,11-14H2,(H2,22,23,24)/t17-,18-,19?,20?/m1/s1. The Kier molecular flexibility index (Phi) is 5.67. The van der Waals surface area contributed by atoms with E-state index in [1.165, 1.54) is 0 Å². The highest BCUT2D eigenvalue weighted by atomic mass is 16.8. The lowest BCUT2D eigenvalue weighted by Crippen LogP contribution is -2.51. The largest absolute Gasteiger partial charge is 0.347 e. The minimum Gasteiger partial charge on any atom is -0.347 e. The molecule has 2 amide bonds. The van der Waals surface area contributed by atoms with Crippen LogP contribution in [0.4, 0.5) is 4.79 Å². The van der Waals surface area contributed by atoms with E-state index in [-0.39, 0.29) is 43.9 Å². The maximum absolute atomic E-state index is 12.5. The number of amides is 2. The minimum atomic E-state index is -0.305. The van der Waals surface area contributed by atoms with Gasteiger partial charge in [0.05, 0.1) is 12.1 Å². The van der Waals surface area contributed by atoms with Gasteiger partial charge in [0.1, 0.15) is 25.8 Å². The summed E-state index contributed by atoms with van der Waals surface area (Å²) < 4.78 is 17.3. The van der Waals surface area contributed by atoms with E-state index in [0.717, 1.165) is 11.1 Å². The van der Waals surface area contributed by atoms with Gasteiger partial charge in [-0.2, -0.15) is 0 Å². The van der Waals surface area contributed by atoms with Crippen molar-refractivity contribution in [3.63, 3.8) is 0 Å². The Hall–Kier alpha value is -2.41. The second kappa shape index (κ2) is 8.52. The van der Waals surface area contributed by atoms with E-state index < -0.39 is 0 Å². The monoisotopic (exact) mass is 368 g/mol. The molecule has 6 nitrogen and oxygen atoms in total. The molecule has 2 aromatic carbocycles. The summed E-state index contributed by atoms with van der Waals surface area (Å²) in [5, 5.41) is 6.12. The van der Waals surface area contributed by atoms with Gasteiger partial charge in [-0.3, -0.25) is 0 Å². The van der Waals surface area contributed by atoms with E-state index in [9.17, 15) is 4.79 Å². The Labute approximate surface area is 158 Å². The van der Waals surface area contributed by atoms with E-state index in [1.54, 1.807) is 0 Å². The molecule has 142 valence electrons. The first kappa shape index (κ1) is 18.0. The minimum absolute atomic E-state index is 0.153. The summed E-state index contributed by atoms with van der Waals surface area (Å²) >= 11 is 0. The van der Waals surface area contributed by atoms with Crippen molar-refractivity contribution in [3.05, 3.63) is 71.8 Å². The third-order valence-corrected chi connectivity index (χ3v) is 5.03. The zero-order valence-corrected chi connectivity index (χ0v) is 15.0. The summed E-state index contributed by atoms with van der Waals surface area (Å²) in [5.74, 6) is 0. The Morgan fingerprint density at radius 2 is 1.19 bits per heavy atom. The normalized spacial score (nSPS) is 28.2. The number of hydrogen-bond donors (Lipinski definition) is 2. The molecule has 0 bridgehead atoms. The average molecular weight is 368 g/mol. The lowest BCUT2D eigenvalue weighted by atomic mass is 9.92. The van der Waals surface area contributed by atoms with Crippen LogP contribution in [0.5, 0.6) is 0 Å². The fourth-order valence-electron chi connectivity index (χ4n) is 3.78. The molecule has 0 aliphatic carbocycles. The predicted molar refractivity (Wildman–Crippen MR) is 100 cm³/mol. The SMILES string of the molecule is O=C1N[C@H](Cc2ccccc2)C2OCOCOC2[C@@H](Cc2ccccc2)N1. The van der Waals surface area contributed by atoms with Crippen molar-refractivity contribution >= 4 is 6.03 Å². The van der Waals surface area contributed by atoms with Crippen LogP contribution in [-0.4, -0.2) is 43.9 Å². The van der Waals surface area contributed by atoms with E-state index in [0.29, 0.717) is 12.8 Å². The average Bonchev–Trinajstić information content (AvgIpc) is 3.00. The fraction of sp³-hybridized carbons (Fsp3) is 0.381. The summed E-state index contributed by atoms with van der Waals surface area (Å²) in [6, 6.07) is 19.5. The molecule has 2 aromatic rings. The Balaban J connectivity index is 1.59. The van der Waals surface area contributed by atoms with Gasteiger partial charge in [-0.25, -0.2) is 4.79 Å². The molecule has 2 heterocycles. The lowest BCUT2D eigenvalue weighted by Gasteiger charge is -2.31. The predicted octanol–water partition coefficient (Wildman–Crippen LogP) is 2.24. The maximum Gasteiger partial charge on any atom is 0.315 e. The summed E-state index contributed by atoms with van der Waals surface area (Å²) in [5.41, 5.74) is 2.27. The van der Waals surface area contributed by atoms with Crippen LogP contribution in [0.25, 0.3) is 0 Å². The molecule has 0 radical (unpaired) electrons. The van der Waals surface area contributed by atoms with E-state index in [4.69, 9.17) is 14.2 Å². The third kappa shape index (κ3) is 4.47. The first-order chi connectivity index (χ1) is 13.3. The molecular formula is C21H24N2O4. The Bertz CT molecular complexity index is 679. The van der Waals surface area contributed by atoms with Gasteiger partial charge < -0.3 is 24.8 Å². The number of benzene rings is 2. The summed E-state index contributed by atoms with van der Waals surface area (Å²) in [4.78, 5) is 12.5. The summed E-state index contributed by atoms with van der Waals surface area (Å²) in [7, 11) is 0. The number of urea groups is 1. The van der Waals surface area contributed by atoms with Crippen LogP contribution in [0.2, 0.25) is 0 Å². The van der Waals surface area contributed by atoms with Crippen LogP contribution in [0.15, 0.2) is 60.7 Å². The van der Waals surface area contributed by atoms with E-state index >= 15 is 0 Å². The molecule has 6 heteroatoms. The fourth-order valence-corrected chi connectivity index (χ4v) is 3.78. The van der Waals surface area contributed by atoms with Crippen molar-refractivity contribution in [2.45, 2.75) is 37.1 Å². The Morgan fingerprint density at radius 3 is 1.63 bits per heavy atom. The maximum atomic E-state index is 12.5. The van der Waals surface area contributed by atoms with Gasteiger partial charge in [-0.05, 0) is 24.0 Å². The van der Waals surface area contributed by atoms with E-state index in [2.05, 4.69) is 34.9 Å². The first-order valence-corrected chi connectivity index (χ1v) is 9.25. The molecule has 4 atom stereocenters. The Morgan fingerprint density at radius 1 is 0.741 bits per heavy atom. The lowest BCUT2D eigenvalue weighted by molar-refractivity contribution is -0.0916. The van der Waals surface area contributed by atoms with Crippen molar-refractivity contribution in [1.82, 2.24) is 10.6 Å². The number of nitrogens with one attached hydrogen (secondary N) is 2. The molecule has 0 aromatic heterocycles. The van der Waals surface area contributed by atoms with Crippen LogP contribution in [-0.2, 0) is 27.1 Å². The molecule has 0 saturated carbocycles. The molecule has 2 unspecified atom stereocenters. The van der Waals surface area contributed by atoms with Crippen molar-refractivity contribution in [2.75, 3.05) is 13.6 Å². The van der Waals surface area contributed by atoms with Gasteiger partial charge in [0.15, 0.2) is 0 Å². The molecule has 2 aliphatic rings. The topological polar surface area (TPSA) is 68.8 Å². The highest BCUT2D eigenvalue weighted by Gasteiger charge is 2.42. The van der Waals surface area contributed by atoms with Gasteiger partial charge in [-0.1, -0.05) is 60.7 Å². The van der Waals surface area contributed by atoms with Crippen molar-refractivity contribution in [1.29, 1.82) is 0 Å². The van der Waals surface area contributed by atoms with Gasteiger partial charge in [-0.15, -0.1) is 0 Å². The van der Waals surface area contributed by atoms with Crippen LogP contribution in [0.3, 0.4) is 0 Å².